The van der Waals surface area contributed by atoms with Crippen LogP contribution in [0.25, 0.3) is 0 Å². The number of sulfone groups is 1. The number of aliphatic hydroxyl groups is 1. The Morgan fingerprint density at radius 1 is 1.35 bits per heavy atom. The van der Waals surface area contributed by atoms with Crippen molar-refractivity contribution in [1.29, 1.82) is 0 Å². The summed E-state index contributed by atoms with van der Waals surface area (Å²) in [6.45, 7) is 0. The summed E-state index contributed by atoms with van der Waals surface area (Å²) < 4.78 is 22.7. The first-order chi connectivity index (χ1) is 7.91. The van der Waals surface area contributed by atoms with Gasteiger partial charge in [0.1, 0.15) is 0 Å². The van der Waals surface area contributed by atoms with E-state index in [4.69, 9.17) is 23.2 Å². The van der Waals surface area contributed by atoms with Gasteiger partial charge in [-0.3, -0.25) is 0 Å². The molecular formula is C11H12Cl2O3S. The predicted octanol–water partition coefficient (Wildman–Crippen LogP) is 2.46. The van der Waals surface area contributed by atoms with E-state index in [2.05, 4.69) is 0 Å². The van der Waals surface area contributed by atoms with Gasteiger partial charge in [-0.15, -0.1) is 0 Å². The lowest BCUT2D eigenvalue weighted by atomic mass is 9.95. The first-order valence-corrected chi connectivity index (χ1v) is 7.81. The Morgan fingerprint density at radius 3 is 2.65 bits per heavy atom. The van der Waals surface area contributed by atoms with Crippen LogP contribution in [-0.4, -0.2) is 25.0 Å². The van der Waals surface area contributed by atoms with Crippen molar-refractivity contribution in [2.75, 3.05) is 11.5 Å². The molecule has 0 aliphatic carbocycles. The second-order valence-electron chi connectivity index (χ2n) is 4.25. The van der Waals surface area contributed by atoms with Crippen LogP contribution in [0.15, 0.2) is 18.2 Å². The molecule has 6 heteroatoms. The Labute approximate surface area is 110 Å². The van der Waals surface area contributed by atoms with Crippen molar-refractivity contribution >= 4 is 33.0 Å². The van der Waals surface area contributed by atoms with Crippen LogP contribution < -0.4 is 0 Å². The number of rotatable bonds is 2. The van der Waals surface area contributed by atoms with E-state index in [1.807, 2.05) is 0 Å². The van der Waals surface area contributed by atoms with Crippen LogP contribution in [-0.2, 0) is 9.84 Å². The molecule has 2 unspecified atom stereocenters. The van der Waals surface area contributed by atoms with Gasteiger partial charge >= 0.3 is 0 Å². The zero-order chi connectivity index (χ0) is 12.6. The summed E-state index contributed by atoms with van der Waals surface area (Å²) in [6.07, 6.45) is -0.412. The summed E-state index contributed by atoms with van der Waals surface area (Å²) in [5.74, 6) is -0.153. The topological polar surface area (TPSA) is 54.4 Å². The lowest BCUT2D eigenvalue weighted by molar-refractivity contribution is 0.121. The third-order valence-electron chi connectivity index (χ3n) is 3.01. The molecule has 0 radical (unpaired) electrons. The average Bonchev–Trinajstić information content (AvgIpc) is 2.62. The van der Waals surface area contributed by atoms with Gasteiger partial charge in [-0.05, 0) is 12.5 Å². The molecule has 1 heterocycles. The molecule has 1 saturated heterocycles. The summed E-state index contributed by atoms with van der Waals surface area (Å²) in [6, 6.07) is 4.99. The summed E-state index contributed by atoms with van der Waals surface area (Å²) in [5, 5.41) is 10.8. The Morgan fingerprint density at radius 2 is 2.06 bits per heavy atom. The summed E-state index contributed by atoms with van der Waals surface area (Å²) >= 11 is 11.9. The van der Waals surface area contributed by atoms with Crippen LogP contribution >= 0.6 is 23.2 Å². The predicted molar refractivity (Wildman–Crippen MR) is 68.2 cm³/mol. The largest absolute Gasteiger partial charge is 0.388 e. The van der Waals surface area contributed by atoms with Gasteiger partial charge in [0, 0.05) is 11.5 Å². The highest BCUT2D eigenvalue weighted by atomic mass is 35.5. The molecular weight excluding hydrogens is 283 g/mol. The summed E-state index contributed by atoms with van der Waals surface area (Å²) in [4.78, 5) is 0. The highest BCUT2D eigenvalue weighted by Crippen LogP contribution is 2.37. The molecule has 0 saturated carbocycles. The van der Waals surface area contributed by atoms with Gasteiger partial charge in [0.2, 0.25) is 0 Å². The molecule has 0 aromatic heterocycles. The lowest BCUT2D eigenvalue weighted by Crippen LogP contribution is -2.14. The van der Waals surface area contributed by atoms with Crippen molar-refractivity contribution < 1.29 is 13.5 Å². The van der Waals surface area contributed by atoms with Gasteiger partial charge in [-0.25, -0.2) is 8.42 Å². The fourth-order valence-corrected chi connectivity index (χ4v) is 4.33. The summed E-state index contributed by atoms with van der Waals surface area (Å²) in [7, 11) is -3.01. The van der Waals surface area contributed by atoms with Gasteiger partial charge < -0.3 is 5.11 Å². The van der Waals surface area contributed by atoms with E-state index in [1.165, 1.54) is 0 Å². The quantitative estimate of drug-likeness (QED) is 0.912. The minimum atomic E-state index is -3.01. The van der Waals surface area contributed by atoms with E-state index in [9.17, 15) is 13.5 Å². The number of hydrogen-bond acceptors (Lipinski definition) is 3. The maximum atomic E-state index is 11.4. The minimum absolute atomic E-state index is 0.0109. The smallest absolute Gasteiger partial charge is 0.150 e. The standard InChI is InChI=1S/C11H12Cl2O3S/c12-9-3-1-2-8(10(9)13)11(14)7-4-5-17(15,16)6-7/h1-3,7,11,14H,4-6H2. The number of aliphatic hydroxyl groups excluding tert-OH is 1. The molecule has 1 aromatic rings. The van der Waals surface area contributed by atoms with Crippen molar-refractivity contribution in [3.8, 4) is 0 Å². The van der Waals surface area contributed by atoms with Gasteiger partial charge in [-0.2, -0.15) is 0 Å². The second-order valence-corrected chi connectivity index (χ2v) is 7.26. The Hall–Kier alpha value is -0.290. The zero-order valence-corrected chi connectivity index (χ0v) is 11.3. The maximum absolute atomic E-state index is 11.4. The molecule has 1 aliphatic heterocycles. The van der Waals surface area contributed by atoms with Gasteiger partial charge in [0.05, 0.1) is 27.7 Å². The van der Waals surface area contributed by atoms with Gasteiger partial charge in [0.25, 0.3) is 0 Å². The van der Waals surface area contributed by atoms with E-state index in [0.29, 0.717) is 22.0 Å². The fraction of sp³-hybridized carbons (Fsp3) is 0.455. The van der Waals surface area contributed by atoms with Crippen molar-refractivity contribution in [1.82, 2.24) is 0 Å². The summed E-state index contributed by atoms with van der Waals surface area (Å²) in [5.41, 5.74) is 0.501. The van der Waals surface area contributed by atoms with Crippen LogP contribution in [0.1, 0.15) is 18.1 Å². The Kier molecular flexibility index (Phi) is 3.69. The molecule has 0 bridgehead atoms. The lowest BCUT2D eigenvalue weighted by Gasteiger charge is -2.18. The van der Waals surface area contributed by atoms with Crippen LogP contribution in [0.3, 0.4) is 0 Å². The van der Waals surface area contributed by atoms with Crippen molar-refractivity contribution in [2.45, 2.75) is 12.5 Å². The van der Waals surface area contributed by atoms with E-state index in [-0.39, 0.29) is 17.4 Å². The number of halogens is 2. The number of hydrogen-bond donors (Lipinski definition) is 1. The minimum Gasteiger partial charge on any atom is -0.388 e. The number of benzene rings is 1. The molecule has 1 aromatic carbocycles. The van der Waals surface area contributed by atoms with Crippen LogP contribution in [0.2, 0.25) is 10.0 Å². The van der Waals surface area contributed by atoms with E-state index >= 15 is 0 Å². The highest BCUT2D eigenvalue weighted by Gasteiger charge is 2.34. The first-order valence-electron chi connectivity index (χ1n) is 5.23. The Balaban J connectivity index is 2.26. The van der Waals surface area contributed by atoms with E-state index in [0.717, 1.165) is 0 Å². The SMILES string of the molecule is O=S1(=O)CCC(C(O)c2cccc(Cl)c2Cl)C1. The first kappa shape index (κ1) is 13.1. The van der Waals surface area contributed by atoms with E-state index < -0.39 is 15.9 Å². The normalized spacial score (nSPS) is 24.8. The van der Waals surface area contributed by atoms with Crippen LogP contribution in [0.4, 0.5) is 0 Å². The van der Waals surface area contributed by atoms with Crippen molar-refractivity contribution in [2.24, 2.45) is 5.92 Å². The third kappa shape index (κ3) is 2.76. The molecule has 17 heavy (non-hydrogen) atoms. The van der Waals surface area contributed by atoms with Gasteiger partial charge in [0.15, 0.2) is 9.84 Å². The molecule has 2 atom stereocenters. The maximum Gasteiger partial charge on any atom is 0.150 e. The molecule has 2 rings (SSSR count). The van der Waals surface area contributed by atoms with Crippen LogP contribution in [0.5, 0.6) is 0 Å². The highest BCUT2D eigenvalue weighted by molar-refractivity contribution is 7.91. The molecule has 0 amide bonds. The Bertz CT molecular complexity index is 528. The monoisotopic (exact) mass is 294 g/mol. The fourth-order valence-electron chi connectivity index (χ4n) is 2.08. The molecule has 1 N–H and O–H groups in total. The molecule has 3 nitrogen and oxygen atoms in total. The molecule has 1 fully saturated rings. The van der Waals surface area contributed by atoms with Crippen molar-refractivity contribution in [3.63, 3.8) is 0 Å². The third-order valence-corrected chi connectivity index (χ3v) is 5.64. The molecule has 94 valence electrons. The molecule has 0 spiro atoms. The van der Waals surface area contributed by atoms with Crippen molar-refractivity contribution in [3.05, 3.63) is 33.8 Å². The van der Waals surface area contributed by atoms with Gasteiger partial charge in [-0.1, -0.05) is 35.3 Å². The van der Waals surface area contributed by atoms with Crippen LogP contribution in [0, 0.1) is 5.92 Å². The van der Waals surface area contributed by atoms with E-state index in [1.54, 1.807) is 18.2 Å². The second kappa shape index (κ2) is 4.76. The molecule has 1 aliphatic rings. The zero-order valence-electron chi connectivity index (χ0n) is 8.94. The average molecular weight is 295 g/mol.